The van der Waals surface area contributed by atoms with Crippen LogP contribution in [0.2, 0.25) is 0 Å². The Labute approximate surface area is 113 Å². The molecule has 0 atom stereocenters. The van der Waals surface area contributed by atoms with Crippen molar-refractivity contribution >= 4 is 0 Å². The van der Waals surface area contributed by atoms with E-state index >= 15 is 0 Å². The van der Waals surface area contributed by atoms with Crippen LogP contribution in [0, 0.1) is 5.82 Å². The van der Waals surface area contributed by atoms with Crippen molar-refractivity contribution in [2.45, 2.75) is 51.9 Å². The van der Waals surface area contributed by atoms with E-state index in [9.17, 15) is 4.39 Å². The monoisotopic (exact) mass is 251 g/mol. The third-order valence-electron chi connectivity index (χ3n) is 3.42. The molecular formula is C16H24FN. The molecule has 2 rings (SSSR count). The minimum atomic E-state index is -1.59. The molecule has 1 aliphatic rings. The maximum absolute atomic E-state index is 14.3. The Bertz CT molecular complexity index is 474. The largest absolute Gasteiger partial charge is 0.299 e. The predicted octanol–water partition coefficient (Wildman–Crippen LogP) is 4.11. The zero-order chi connectivity index (χ0) is 15.0. The van der Waals surface area contributed by atoms with Gasteiger partial charge in [-0.2, -0.15) is 0 Å². The summed E-state index contributed by atoms with van der Waals surface area (Å²) >= 11 is 0. The normalized spacial score (nSPS) is 20.4. The van der Waals surface area contributed by atoms with Gasteiger partial charge in [0.25, 0.3) is 0 Å². The number of hydrogen-bond donors (Lipinski definition) is 0. The number of rotatable bonds is 2. The first kappa shape index (κ1) is 11.0. The molecule has 2 heteroatoms. The number of piperidine rings is 1. The number of likely N-dealkylation sites (tertiary alicyclic amines) is 1. The van der Waals surface area contributed by atoms with Gasteiger partial charge in [0.2, 0.25) is 0 Å². The molecule has 1 heterocycles. The summed E-state index contributed by atoms with van der Waals surface area (Å²) in [6, 6.07) is 4.83. The molecule has 1 aromatic carbocycles. The SMILES string of the molecule is [2H]C([2H])(c1ccc(C(C)(C)C)c(F)c1)N1CCCCC1. The summed E-state index contributed by atoms with van der Waals surface area (Å²) in [5.41, 5.74) is 0.793. The molecule has 0 unspecified atom stereocenters. The molecule has 1 aromatic rings. The average molecular weight is 251 g/mol. The highest BCUT2D eigenvalue weighted by atomic mass is 19.1. The van der Waals surface area contributed by atoms with Crippen molar-refractivity contribution in [1.82, 2.24) is 4.90 Å². The smallest absolute Gasteiger partial charge is 0.127 e. The molecule has 1 aliphatic heterocycles. The van der Waals surface area contributed by atoms with Gasteiger partial charge >= 0.3 is 0 Å². The molecule has 0 aromatic heterocycles. The standard InChI is InChI=1S/C16H24FN/c1-16(2,3)14-8-7-13(11-15(14)17)12-18-9-5-4-6-10-18/h7-8,11H,4-6,9-10,12H2,1-3H3/i12D2. The number of benzene rings is 1. The van der Waals surface area contributed by atoms with E-state index in [1.165, 1.54) is 6.07 Å². The first-order valence-electron chi connectivity index (χ1n) is 7.78. The zero-order valence-electron chi connectivity index (χ0n) is 13.6. The molecule has 1 fully saturated rings. The summed E-state index contributed by atoms with van der Waals surface area (Å²) in [6.07, 6.45) is 3.19. The highest BCUT2D eigenvalue weighted by Gasteiger charge is 2.19. The molecule has 0 radical (unpaired) electrons. The molecule has 0 saturated carbocycles. The summed E-state index contributed by atoms with van der Waals surface area (Å²) in [6.45, 7) is 5.79. The van der Waals surface area contributed by atoms with Crippen LogP contribution >= 0.6 is 0 Å². The third kappa shape index (κ3) is 3.32. The van der Waals surface area contributed by atoms with Gasteiger partial charge in [-0.3, -0.25) is 4.90 Å². The lowest BCUT2D eigenvalue weighted by molar-refractivity contribution is 0.220. The first-order chi connectivity index (χ1) is 9.23. The van der Waals surface area contributed by atoms with Gasteiger partial charge in [0.1, 0.15) is 5.82 Å². The molecule has 1 nitrogen and oxygen atoms in total. The quantitative estimate of drug-likeness (QED) is 0.764. The third-order valence-corrected chi connectivity index (χ3v) is 3.42. The minimum absolute atomic E-state index is 0.263. The van der Waals surface area contributed by atoms with Gasteiger partial charge in [-0.05, 0) is 48.5 Å². The second-order valence-electron chi connectivity index (χ2n) is 6.10. The van der Waals surface area contributed by atoms with Crippen LogP contribution in [-0.4, -0.2) is 18.0 Å². The van der Waals surface area contributed by atoms with Gasteiger partial charge in [-0.15, -0.1) is 0 Å². The van der Waals surface area contributed by atoms with Gasteiger partial charge in [0.15, 0.2) is 0 Å². The Morgan fingerprint density at radius 1 is 1.22 bits per heavy atom. The van der Waals surface area contributed by atoms with E-state index in [0.29, 0.717) is 11.1 Å². The van der Waals surface area contributed by atoms with E-state index in [1.807, 2.05) is 25.7 Å². The van der Waals surface area contributed by atoms with Crippen LogP contribution in [0.25, 0.3) is 0 Å². The van der Waals surface area contributed by atoms with Crippen molar-refractivity contribution in [2.24, 2.45) is 0 Å². The van der Waals surface area contributed by atoms with Gasteiger partial charge < -0.3 is 0 Å². The van der Waals surface area contributed by atoms with Crippen molar-refractivity contribution in [2.75, 3.05) is 13.1 Å². The van der Waals surface area contributed by atoms with Crippen molar-refractivity contribution in [3.8, 4) is 0 Å². The molecule has 0 bridgehead atoms. The zero-order valence-corrected chi connectivity index (χ0v) is 11.6. The Kier molecular flexibility index (Phi) is 3.29. The molecule has 18 heavy (non-hydrogen) atoms. The fourth-order valence-corrected chi connectivity index (χ4v) is 2.38. The maximum atomic E-state index is 14.3. The van der Waals surface area contributed by atoms with Crippen LogP contribution in [0.1, 0.15) is 53.9 Å². The Morgan fingerprint density at radius 3 is 2.44 bits per heavy atom. The van der Waals surface area contributed by atoms with Crippen molar-refractivity contribution in [3.05, 3.63) is 35.1 Å². The van der Waals surface area contributed by atoms with E-state index in [4.69, 9.17) is 2.74 Å². The predicted molar refractivity (Wildman–Crippen MR) is 74.2 cm³/mol. The topological polar surface area (TPSA) is 3.24 Å². The van der Waals surface area contributed by atoms with Gasteiger partial charge in [-0.1, -0.05) is 39.3 Å². The van der Waals surface area contributed by atoms with Gasteiger partial charge in [0.05, 0.1) is 0 Å². The van der Waals surface area contributed by atoms with Crippen LogP contribution in [-0.2, 0) is 11.9 Å². The lowest BCUT2D eigenvalue weighted by atomic mass is 9.86. The second-order valence-corrected chi connectivity index (χ2v) is 6.10. The van der Waals surface area contributed by atoms with Crippen LogP contribution in [0.4, 0.5) is 4.39 Å². The van der Waals surface area contributed by atoms with E-state index in [1.54, 1.807) is 12.1 Å². The molecule has 100 valence electrons. The molecular weight excluding hydrogens is 225 g/mol. The Hall–Kier alpha value is -0.890. The lowest BCUT2D eigenvalue weighted by Gasteiger charge is -2.27. The lowest BCUT2D eigenvalue weighted by Crippen LogP contribution is -2.29. The Balaban J connectivity index is 2.30. The highest BCUT2D eigenvalue weighted by Crippen LogP contribution is 2.26. The highest BCUT2D eigenvalue weighted by molar-refractivity contribution is 5.29. The molecule has 0 amide bonds. The second kappa shape index (κ2) is 5.40. The minimum Gasteiger partial charge on any atom is -0.299 e. The average Bonchev–Trinajstić information content (AvgIpc) is 2.38. The summed E-state index contributed by atoms with van der Waals surface area (Å²) in [5.74, 6) is -0.309. The van der Waals surface area contributed by atoms with Crippen molar-refractivity contribution in [1.29, 1.82) is 0 Å². The van der Waals surface area contributed by atoms with Gasteiger partial charge in [0, 0.05) is 9.24 Å². The van der Waals surface area contributed by atoms with Crippen molar-refractivity contribution in [3.63, 3.8) is 0 Å². The molecule has 0 spiro atoms. The fourth-order valence-electron chi connectivity index (χ4n) is 2.38. The van der Waals surface area contributed by atoms with E-state index in [0.717, 1.165) is 32.4 Å². The first-order valence-corrected chi connectivity index (χ1v) is 6.78. The Morgan fingerprint density at radius 2 is 1.89 bits per heavy atom. The van der Waals surface area contributed by atoms with Crippen LogP contribution in [0.15, 0.2) is 18.2 Å². The number of nitrogens with zero attached hydrogens (tertiary/aromatic N) is 1. The number of hydrogen-bond acceptors (Lipinski definition) is 1. The summed E-state index contributed by atoms with van der Waals surface area (Å²) in [7, 11) is 0. The molecule has 1 saturated heterocycles. The summed E-state index contributed by atoms with van der Waals surface area (Å²) < 4.78 is 30.9. The van der Waals surface area contributed by atoms with E-state index < -0.39 is 6.50 Å². The van der Waals surface area contributed by atoms with Crippen molar-refractivity contribution < 1.29 is 7.13 Å². The maximum Gasteiger partial charge on any atom is 0.127 e. The van der Waals surface area contributed by atoms with Crippen LogP contribution in [0.3, 0.4) is 0 Å². The van der Waals surface area contributed by atoms with Crippen LogP contribution in [0.5, 0.6) is 0 Å². The molecule has 0 aliphatic carbocycles. The summed E-state index contributed by atoms with van der Waals surface area (Å²) in [5, 5.41) is 0. The van der Waals surface area contributed by atoms with Gasteiger partial charge in [-0.25, -0.2) is 4.39 Å². The number of halogens is 1. The summed E-state index contributed by atoms with van der Waals surface area (Å²) in [4.78, 5) is 1.82. The van der Waals surface area contributed by atoms with Crippen LogP contribution < -0.4 is 0 Å². The van der Waals surface area contributed by atoms with E-state index in [-0.39, 0.29) is 11.2 Å². The fraction of sp³-hybridized carbons (Fsp3) is 0.625. The molecule has 0 N–H and O–H groups in total. The van der Waals surface area contributed by atoms with E-state index in [2.05, 4.69) is 0 Å².